The molecule has 0 radical (unpaired) electrons. The van der Waals surface area contributed by atoms with Crippen molar-refractivity contribution in [2.24, 2.45) is 0 Å². The third kappa shape index (κ3) is 24.6. The lowest BCUT2D eigenvalue weighted by Gasteiger charge is -2.40. The number of aliphatic hydroxyl groups is 5. The van der Waals surface area contributed by atoms with Gasteiger partial charge in [-0.05, 0) is 32.1 Å². The second-order valence-electron chi connectivity index (χ2n) is 14.8. The highest BCUT2D eigenvalue weighted by molar-refractivity contribution is 5.77. The van der Waals surface area contributed by atoms with Gasteiger partial charge >= 0.3 is 0 Å². The Hall–Kier alpha value is -1.33. The molecule has 0 aromatic carbocycles. The minimum Gasteiger partial charge on any atom is -0.394 e. The minimum atomic E-state index is -1.57. The number of nitrogens with one attached hydrogen (secondary N) is 1. The lowest BCUT2D eigenvalue weighted by molar-refractivity contribution is -0.302. The van der Waals surface area contributed by atoms with Crippen LogP contribution in [0.4, 0.5) is 0 Å². The van der Waals surface area contributed by atoms with Crippen molar-refractivity contribution in [1.82, 2.24) is 5.32 Å². The molecule has 300 valence electrons. The van der Waals surface area contributed by atoms with Crippen LogP contribution in [-0.2, 0) is 14.3 Å². The zero-order chi connectivity index (χ0) is 37.4. The third-order valence-electron chi connectivity index (χ3n) is 10.1. The highest BCUT2D eigenvalue weighted by Gasteiger charge is 2.44. The summed E-state index contributed by atoms with van der Waals surface area (Å²) < 4.78 is 11.2. The van der Waals surface area contributed by atoms with Crippen LogP contribution in [0.3, 0.4) is 0 Å². The number of amides is 1. The fourth-order valence-corrected chi connectivity index (χ4v) is 6.60. The summed E-state index contributed by atoms with van der Waals surface area (Å²) in [6, 6.07) is -0.795. The molecule has 1 amide bonds. The van der Waals surface area contributed by atoms with E-state index in [9.17, 15) is 30.3 Å². The number of carbonyl (C=O) groups is 1. The van der Waals surface area contributed by atoms with E-state index in [2.05, 4.69) is 25.2 Å². The average Bonchev–Trinajstić information content (AvgIpc) is 3.13. The van der Waals surface area contributed by atoms with Crippen LogP contribution in [-0.4, -0.2) is 87.5 Å². The second kappa shape index (κ2) is 33.3. The second-order valence-corrected chi connectivity index (χ2v) is 14.8. The smallest absolute Gasteiger partial charge is 0.224 e. The van der Waals surface area contributed by atoms with Crippen molar-refractivity contribution < 1.29 is 39.8 Å². The largest absolute Gasteiger partial charge is 0.394 e. The van der Waals surface area contributed by atoms with Crippen LogP contribution in [0, 0.1) is 0 Å². The first-order chi connectivity index (χ1) is 24.8. The maximum Gasteiger partial charge on any atom is 0.224 e. The van der Waals surface area contributed by atoms with Crippen LogP contribution < -0.4 is 5.32 Å². The van der Waals surface area contributed by atoms with Gasteiger partial charge in [-0.2, -0.15) is 0 Å². The molecular formula is C42H79NO8. The predicted molar refractivity (Wildman–Crippen MR) is 207 cm³/mol. The summed E-state index contributed by atoms with van der Waals surface area (Å²) in [5.74, 6) is -0.253. The fourth-order valence-electron chi connectivity index (χ4n) is 6.60. The number of hydrogen-bond donors (Lipinski definition) is 6. The SMILES string of the molecule is CCCCCCCCCCCCC=CC[C@@H](O)[C@H](CO[C@@H]1O[C@H](CO)[C@@H](O)C(O)C1O)NC(=O)CC=CCCCCCCCCCCCCCC. The Kier molecular flexibility index (Phi) is 31.1. The summed E-state index contributed by atoms with van der Waals surface area (Å²) >= 11 is 0. The number of carbonyl (C=O) groups excluding carboxylic acids is 1. The molecule has 51 heavy (non-hydrogen) atoms. The van der Waals surface area contributed by atoms with Crippen LogP contribution in [0.25, 0.3) is 0 Å². The third-order valence-corrected chi connectivity index (χ3v) is 10.1. The monoisotopic (exact) mass is 726 g/mol. The molecule has 0 aliphatic carbocycles. The van der Waals surface area contributed by atoms with Gasteiger partial charge in [0, 0.05) is 6.42 Å². The molecule has 1 saturated heterocycles. The summed E-state index contributed by atoms with van der Waals surface area (Å²) in [7, 11) is 0. The molecule has 0 bridgehead atoms. The predicted octanol–water partition coefficient (Wildman–Crippen LogP) is 7.94. The molecule has 1 rings (SSSR count). The first kappa shape index (κ1) is 47.7. The Labute approximate surface area is 311 Å². The number of hydrogen-bond acceptors (Lipinski definition) is 8. The molecule has 0 aromatic rings. The van der Waals surface area contributed by atoms with Gasteiger partial charge in [0.2, 0.25) is 5.91 Å². The highest BCUT2D eigenvalue weighted by atomic mass is 16.7. The van der Waals surface area contributed by atoms with Crippen LogP contribution >= 0.6 is 0 Å². The Morgan fingerprint density at radius 3 is 1.57 bits per heavy atom. The first-order valence-electron chi connectivity index (χ1n) is 21.0. The molecule has 6 N–H and O–H groups in total. The van der Waals surface area contributed by atoms with Gasteiger partial charge in [0.15, 0.2) is 6.29 Å². The normalized spacial score (nSPS) is 22.2. The Morgan fingerprint density at radius 2 is 1.10 bits per heavy atom. The summed E-state index contributed by atoms with van der Waals surface area (Å²) in [6.07, 6.45) is 30.8. The topological polar surface area (TPSA) is 149 Å². The fraction of sp³-hybridized carbons (Fsp3) is 0.881. The lowest BCUT2D eigenvalue weighted by Crippen LogP contribution is -2.60. The molecule has 1 heterocycles. The summed E-state index contributed by atoms with van der Waals surface area (Å²) in [4.78, 5) is 12.9. The summed E-state index contributed by atoms with van der Waals surface area (Å²) in [5.41, 5.74) is 0. The lowest BCUT2D eigenvalue weighted by atomic mass is 9.99. The molecule has 1 aliphatic rings. The van der Waals surface area contributed by atoms with Gasteiger partial charge in [-0.25, -0.2) is 0 Å². The van der Waals surface area contributed by atoms with Crippen molar-refractivity contribution in [1.29, 1.82) is 0 Å². The summed E-state index contributed by atoms with van der Waals surface area (Å²) in [5, 5.41) is 54.0. The molecule has 0 saturated carbocycles. The van der Waals surface area contributed by atoms with E-state index in [-0.39, 0.29) is 18.9 Å². The zero-order valence-electron chi connectivity index (χ0n) is 32.6. The maximum atomic E-state index is 12.9. The van der Waals surface area contributed by atoms with Crippen LogP contribution in [0.15, 0.2) is 24.3 Å². The van der Waals surface area contributed by atoms with E-state index < -0.39 is 49.5 Å². The van der Waals surface area contributed by atoms with Crippen molar-refractivity contribution in [3.8, 4) is 0 Å². The van der Waals surface area contributed by atoms with Crippen LogP contribution in [0.1, 0.15) is 181 Å². The van der Waals surface area contributed by atoms with Gasteiger partial charge in [-0.15, -0.1) is 0 Å². The molecule has 1 fully saturated rings. The number of aliphatic hydroxyl groups excluding tert-OH is 5. The summed E-state index contributed by atoms with van der Waals surface area (Å²) in [6.45, 7) is 3.74. The Balaban J connectivity index is 2.43. The van der Waals surface area contributed by atoms with Crippen molar-refractivity contribution in [2.45, 2.75) is 224 Å². The van der Waals surface area contributed by atoms with Gasteiger partial charge in [-0.3, -0.25) is 4.79 Å². The Bertz CT molecular complexity index is 853. The van der Waals surface area contributed by atoms with Crippen LogP contribution in [0.2, 0.25) is 0 Å². The standard InChI is InChI=1S/C42H79NO8/c1-3-5-7-9-11-13-15-17-18-20-22-24-26-28-30-32-38(46)43-35(34-50-42-41(49)40(48)39(47)37(33-44)51-42)36(45)31-29-27-25-23-21-19-16-14-12-10-8-6-4-2/h27-30,35-37,39-42,44-45,47-49H,3-26,31-34H2,1-2H3,(H,43,46)/t35-,36+,37+,39+,40?,41?,42+/m0/s1. The zero-order valence-corrected chi connectivity index (χ0v) is 32.6. The molecule has 2 unspecified atom stereocenters. The molecule has 1 aliphatic heterocycles. The van der Waals surface area contributed by atoms with E-state index in [0.717, 1.165) is 25.7 Å². The van der Waals surface area contributed by atoms with E-state index in [1.165, 1.54) is 128 Å². The molecule has 7 atom stereocenters. The number of unbranched alkanes of at least 4 members (excludes halogenated alkanes) is 22. The molecule has 0 spiro atoms. The van der Waals surface area contributed by atoms with Gasteiger partial charge < -0.3 is 40.3 Å². The van der Waals surface area contributed by atoms with Crippen molar-refractivity contribution in [2.75, 3.05) is 13.2 Å². The van der Waals surface area contributed by atoms with Gasteiger partial charge in [0.25, 0.3) is 0 Å². The van der Waals surface area contributed by atoms with Crippen molar-refractivity contribution in [3.05, 3.63) is 24.3 Å². The van der Waals surface area contributed by atoms with Crippen LogP contribution in [0.5, 0.6) is 0 Å². The van der Waals surface area contributed by atoms with E-state index in [1.807, 2.05) is 18.2 Å². The Morgan fingerprint density at radius 1 is 0.647 bits per heavy atom. The number of ether oxygens (including phenoxy) is 2. The van der Waals surface area contributed by atoms with E-state index in [0.29, 0.717) is 6.42 Å². The average molecular weight is 726 g/mol. The van der Waals surface area contributed by atoms with Gasteiger partial charge in [0.05, 0.1) is 25.4 Å². The quantitative estimate of drug-likeness (QED) is 0.0289. The highest BCUT2D eigenvalue weighted by Crippen LogP contribution is 2.22. The van der Waals surface area contributed by atoms with Gasteiger partial charge in [0.1, 0.15) is 24.4 Å². The maximum absolute atomic E-state index is 12.9. The van der Waals surface area contributed by atoms with Crippen molar-refractivity contribution in [3.63, 3.8) is 0 Å². The molecule has 9 nitrogen and oxygen atoms in total. The van der Waals surface area contributed by atoms with Crippen molar-refractivity contribution >= 4 is 5.91 Å². The van der Waals surface area contributed by atoms with Gasteiger partial charge in [-0.1, -0.05) is 167 Å². The molecule has 0 aromatic heterocycles. The minimum absolute atomic E-state index is 0.177. The van der Waals surface area contributed by atoms with E-state index >= 15 is 0 Å². The molecular weight excluding hydrogens is 646 g/mol. The number of rotatable bonds is 34. The van der Waals surface area contributed by atoms with E-state index in [1.54, 1.807) is 0 Å². The number of allylic oxidation sites excluding steroid dienone is 2. The van der Waals surface area contributed by atoms with E-state index in [4.69, 9.17) is 9.47 Å². The first-order valence-corrected chi connectivity index (χ1v) is 21.0. The molecule has 9 heteroatoms.